The molecule has 0 radical (unpaired) electrons. The molecule has 9 heteroatoms. The Bertz CT molecular complexity index is 991. The molecule has 1 aliphatic heterocycles. The van der Waals surface area contributed by atoms with Crippen LogP contribution in [0.1, 0.15) is 12.0 Å². The Hall–Kier alpha value is -2.64. The van der Waals surface area contributed by atoms with Crippen LogP contribution in [0.15, 0.2) is 47.7 Å². The van der Waals surface area contributed by atoms with Gasteiger partial charge in [-0.2, -0.15) is 0 Å². The van der Waals surface area contributed by atoms with Crippen LogP contribution in [0.25, 0.3) is 0 Å². The first-order valence-corrected chi connectivity index (χ1v) is 9.45. The smallest absolute Gasteiger partial charge is 0.294 e. The molecule has 0 aliphatic carbocycles. The molecule has 29 heavy (non-hydrogen) atoms. The van der Waals surface area contributed by atoms with Gasteiger partial charge in [-0.1, -0.05) is 29.3 Å². The van der Waals surface area contributed by atoms with Crippen LogP contribution in [-0.4, -0.2) is 30.0 Å². The third-order valence-electron chi connectivity index (χ3n) is 4.48. The SMILES string of the molecule is O=C(NCCCc1c(Cl)cccc1Cl)C1=C(O)C(=O)N(c2ccc(F)cc2F)C1. The van der Waals surface area contributed by atoms with Crippen LogP contribution in [0.2, 0.25) is 10.0 Å². The van der Waals surface area contributed by atoms with Crippen molar-refractivity contribution in [3.63, 3.8) is 0 Å². The second-order valence-corrected chi connectivity index (χ2v) is 7.19. The average Bonchev–Trinajstić information content (AvgIpc) is 2.96. The normalized spacial score (nSPS) is 13.9. The van der Waals surface area contributed by atoms with E-state index in [1.54, 1.807) is 18.2 Å². The second kappa shape index (κ2) is 8.80. The maximum absolute atomic E-state index is 13.9. The van der Waals surface area contributed by atoms with E-state index < -0.39 is 29.2 Å². The lowest BCUT2D eigenvalue weighted by Gasteiger charge is -2.17. The largest absolute Gasteiger partial charge is 0.503 e. The van der Waals surface area contributed by atoms with E-state index in [-0.39, 0.29) is 24.4 Å². The first kappa shape index (κ1) is 21.1. The van der Waals surface area contributed by atoms with Crippen LogP contribution in [0.5, 0.6) is 0 Å². The third kappa shape index (κ3) is 4.52. The summed E-state index contributed by atoms with van der Waals surface area (Å²) in [7, 11) is 0. The Balaban J connectivity index is 1.60. The van der Waals surface area contributed by atoms with E-state index in [1.807, 2.05) is 0 Å². The van der Waals surface area contributed by atoms with Crippen LogP contribution < -0.4 is 10.2 Å². The van der Waals surface area contributed by atoms with Crippen molar-refractivity contribution in [3.05, 3.63) is 75.0 Å². The summed E-state index contributed by atoms with van der Waals surface area (Å²) in [5.74, 6) is -4.11. The summed E-state index contributed by atoms with van der Waals surface area (Å²) in [5.41, 5.74) is 0.356. The fourth-order valence-electron chi connectivity index (χ4n) is 2.98. The Morgan fingerprint density at radius 2 is 1.86 bits per heavy atom. The van der Waals surface area contributed by atoms with Gasteiger partial charge in [-0.25, -0.2) is 8.78 Å². The van der Waals surface area contributed by atoms with Crippen molar-refractivity contribution in [2.24, 2.45) is 0 Å². The van der Waals surface area contributed by atoms with Crippen molar-refractivity contribution < 1.29 is 23.5 Å². The van der Waals surface area contributed by atoms with Crippen molar-refractivity contribution in [1.29, 1.82) is 0 Å². The van der Waals surface area contributed by atoms with E-state index in [0.29, 0.717) is 29.0 Å². The van der Waals surface area contributed by atoms with Crippen molar-refractivity contribution in [1.82, 2.24) is 5.32 Å². The predicted octanol–water partition coefficient (Wildman–Crippen LogP) is 4.18. The van der Waals surface area contributed by atoms with Crippen LogP contribution in [0.4, 0.5) is 14.5 Å². The van der Waals surface area contributed by atoms with Gasteiger partial charge in [-0.05, 0) is 42.7 Å². The molecule has 0 saturated heterocycles. The molecule has 0 fully saturated rings. The molecule has 0 atom stereocenters. The molecule has 0 aromatic heterocycles. The van der Waals surface area contributed by atoms with Crippen LogP contribution in [0.3, 0.4) is 0 Å². The van der Waals surface area contributed by atoms with Crippen LogP contribution in [-0.2, 0) is 16.0 Å². The number of aliphatic hydroxyl groups excluding tert-OH is 1. The van der Waals surface area contributed by atoms with Crippen molar-refractivity contribution in [2.45, 2.75) is 12.8 Å². The number of aliphatic hydroxyl groups is 1. The Morgan fingerprint density at radius 1 is 1.17 bits per heavy atom. The van der Waals surface area contributed by atoms with Gasteiger partial charge in [0.05, 0.1) is 17.8 Å². The highest BCUT2D eigenvalue weighted by molar-refractivity contribution is 6.36. The van der Waals surface area contributed by atoms with Crippen molar-refractivity contribution in [3.8, 4) is 0 Å². The molecule has 2 aromatic carbocycles. The summed E-state index contributed by atoms with van der Waals surface area (Å²) < 4.78 is 27.0. The lowest BCUT2D eigenvalue weighted by Crippen LogP contribution is -2.31. The molecule has 5 nitrogen and oxygen atoms in total. The van der Waals surface area contributed by atoms with Gasteiger partial charge in [0.25, 0.3) is 11.8 Å². The minimum Gasteiger partial charge on any atom is -0.503 e. The summed E-state index contributed by atoms with van der Waals surface area (Å²) in [6.45, 7) is -0.0777. The Labute approximate surface area is 175 Å². The second-order valence-electron chi connectivity index (χ2n) is 6.37. The lowest BCUT2D eigenvalue weighted by molar-refractivity contribution is -0.119. The number of carbonyl (C=O) groups is 2. The Kier molecular flexibility index (Phi) is 6.39. The number of halogens is 4. The molecule has 0 bridgehead atoms. The van der Waals surface area contributed by atoms with Crippen LogP contribution >= 0.6 is 23.2 Å². The van der Waals surface area contributed by atoms with Gasteiger partial charge in [-0.15, -0.1) is 0 Å². The van der Waals surface area contributed by atoms with Gasteiger partial charge in [-0.3, -0.25) is 14.5 Å². The maximum atomic E-state index is 13.9. The summed E-state index contributed by atoms with van der Waals surface area (Å²) in [5, 5.41) is 13.7. The standard InChI is InChI=1S/C20H16Cl2F2N2O3/c21-14-4-1-5-15(22)12(14)3-2-8-25-19(28)13-10-26(20(29)18(13)27)17-7-6-11(23)9-16(17)24/h1,4-7,9,27H,2-3,8,10H2,(H,25,28). The Morgan fingerprint density at radius 3 is 2.52 bits per heavy atom. The molecule has 1 heterocycles. The number of hydrogen-bond donors (Lipinski definition) is 2. The first-order chi connectivity index (χ1) is 13.8. The zero-order valence-electron chi connectivity index (χ0n) is 15.0. The highest BCUT2D eigenvalue weighted by Gasteiger charge is 2.36. The minimum atomic E-state index is -0.968. The molecule has 3 rings (SSSR count). The maximum Gasteiger partial charge on any atom is 0.294 e. The number of amides is 2. The highest BCUT2D eigenvalue weighted by atomic mass is 35.5. The van der Waals surface area contributed by atoms with Crippen LogP contribution in [0, 0.1) is 11.6 Å². The predicted molar refractivity (Wildman–Crippen MR) is 106 cm³/mol. The summed E-state index contributed by atoms with van der Waals surface area (Å²) in [6, 6.07) is 7.86. The lowest BCUT2D eigenvalue weighted by atomic mass is 10.1. The number of benzene rings is 2. The topological polar surface area (TPSA) is 69.6 Å². The van der Waals surface area contributed by atoms with E-state index in [0.717, 1.165) is 22.6 Å². The van der Waals surface area contributed by atoms with Gasteiger partial charge >= 0.3 is 0 Å². The molecule has 2 aromatic rings. The zero-order chi connectivity index (χ0) is 21.1. The van der Waals surface area contributed by atoms with E-state index in [9.17, 15) is 23.5 Å². The van der Waals surface area contributed by atoms with E-state index in [2.05, 4.69) is 5.32 Å². The van der Waals surface area contributed by atoms with Gasteiger partial charge < -0.3 is 10.4 Å². The molecule has 0 unspecified atom stereocenters. The average molecular weight is 441 g/mol. The number of nitrogens with one attached hydrogen (secondary N) is 1. The minimum absolute atomic E-state index is 0.186. The van der Waals surface area contributed by atoms with Gasteiger partial charge in [0.2, 0.25) is 0 Å². The fourth-order valence-corrected chi connectivity index (χ4v) is 3.57. The zero-order valence-corrected chi connectivity index (χ0v) is 16.5. The summed E-state index contributed by atoms with van der Waals surface area (Å²) in [4.78, 5) is 25.4. The number of anilines is 1. The summed E-state index contributed by atoms with van der Waals surface area (Å²) >= 11 is 12.2. The first-order valence-electron chi connectivity index (χ1n) is 8.69. The monoisotopic (exact) mass is 440 g/mol. The molecule has 2 amide bonds. The number of nitrogens with zero attached hydrogens (tertiary/aromatic N) is 1. The van der Waals surface area contributed by atoms with E-state index in [4.69, 9.17) is 23.2 Å². The number of hydrogen-bond acceptors (Lipinski definition) is 3. The van der Waals surface area contributed by atoms with Gasteiger partial charge in [0, 0.05) is 22.7 Å². The molecule has 0 spiro atoms. The van der Waals surface area contributed by atoms with E-state index in [1.165, 1.54) is 0 Å². The molecule has 1 aliphatic rings. The molecule has 0 saturated carbocycles. The molecule has 2 N–H and O–H groups in total. The number of rotatable bonds is 6. The van der Waals surface area contributed by atoms with E-state index >= 15 is 0 Å². The van der Waals surface area contributed by atoms with Crippen molar-refractivity contribution >= 4 is 40.7 Å². The van der Waals surface area contributed by atoms with Gasteiger partial charge in [0.1, 0.15) is 11.6 Å². The molecular formula is C20H16Cl2F2N2O3. The molecule has 152 valence electrons. The third-order valence-corrected chi connectivity index (χ3v) is 5.18. The quantitative estimate of drug-likeness (QED) is 0.661. The fraction of sp³-hybridized carbons (Fsp3) is 0.200. The van der Waals surface area contributed by atoms with Gasteiger partial charge in [0.15, 0.2) is 5.76 Å². The van der Waals surface area contributed by atoms with Crippen molar-refractivity contribution in [2.75, 3.05) is 18.0 Å². The number of carbonyl (C=O) groups excluding carboxylic acids is 2. The molecular weight excluding hydrogens is 425 g/mol. The highest BCUT2D eigenvalue weighted by Crippen LogP contribution is 2.28. The summed E-state index contributed by atoms with van der Waals surface area (Å²) in [6.07, 6.45) is 1.04.